The van der Waals surface area contributed by atoms with Crippen molar-refractivity contribution in [2.45, 2.75) is 15.2 Å². The Morgan fingerprint density at radius 3 is 1.52 bits per heavy atom. The van der Waals surface area contributed by atoms with Crippen molar-refractivity contribution >= 4 is 66.1 Å². The average Bonchev–Trinajstić information content (AvgIpc) is 3.89. The van der Waals surface area contributed by atoms with Crippen molar-refractivity contribution in [3.05, 3.63) is 216 Å². The number of aromatic nitrogens is 2. The third-order valence-corrected chi connectivity index (χ3v) is 13.8. The summed E-state index contributed by atoms with van der Waals surface area (Å²) in [4.78, 5) is 2.66. The van der Waals surface area contributed by atoms with Crippen molar-refractivity contribution in [2.24, 2.45) is 0 Å². The van der Waals surface area contributed by atoms with Crippen LogP contribution < -0.4 is 0 Å². The van der Waals surface area contributed by atoms with Gasteiger partial charge in [0, 0.05) is 42.7 Å². The van der Waals surface area contributed by atoms with Crippen molar-refractivity contribution in [3.63, 3.8) is 0 Å². The first-order valence-electron chi connectivity index (χ1n) is 19.4. The largest absolute Gasteiger partial charge is 0.309 e. The summed E-state index contributed by atoms with van der Waals surface area (Å²) < 4.78 is 4.90. The van der Waals surface area contributed by atoms with Crippen LogP contribution in [0.3, 0.4) is 0 Å². The normalized spacial score (nSPS) is 13.8. The maximum atomic E-state index is 2.50. The van der Waals surface area contributed by atoms with Gasteiger partial charge in [-0.15, -0.1) is 0 Å². The third kappa shape index (κ3) is 3.78. The molecular formula is C53H32N2S. The van der Waals surface area contributed by atoms with Gasteiger partial charge in [0.25, 0.3) is 0 Å². The van der Waals surface area contributed by atoms with E-state index in [-0.39, 0.29) is 0 Å². The Kier molecular flexibility index (Phi) is 6.06. The van der Waals surface area contributed by atoms with Gasteiger partial charge in [0.2, 0.25) is 0 Å². The van der Waals surface area contributed by atoms with Crippen LogP contribution in [0.4, 0.5) is 0 Å². The van der Waals surface area contributed by atoms with E-state index in [1.54, 1.807) is 0 Å². The van der Waals surface area contributed by atoms with Crippen molar-refractivity contribution in [2.75, 3.05) is 0 Å². The molecule has 1 aliphatic carbocycles. The summed E-state index contributed by atoms with van der Waals surface area (Å²) in [6.07, 6.45) is 0. The topological polar surface area (TPSA) is 9.86 Å². The molecule has 260 valence electrons. The number of hydrogen-bond donors (Lipinski definition) is 0. The molecule has 0 saturated heterocycles. The fourth-order valence-corrected chi connectivity index (χ4v) is 11.7. The van der Waals surface area contributed by atoms with E-state index in [1.165, 1.54) is 97.6 Å². The van der Waals surface area contributed by atoms with Crippen molar-refractivity contribution in [1.29, 1.82) is 0 Å². The molecule has 2 nitrogen and oxygen atoms in total. The van der Waals surface area contributed by atoms with E-state index in [4.69, 9.17) is 0 Å². The maximum absolute atomic E-state index is 2.50. The van der Waals surface area contributed by atoms with Crippen molar-refractivity contribution in [1.82, 2.24) is 9.13 Å². The number of fused-ring (bicyclic) bond motifs is 18. The standard InChI is InChI=1S/C53H32N2S/c1-2-14-36-33(13-1)25-31-47-50(36)51-48(55(47)35-28-26-34(27-29-35)54-45-22-10-5-17-39(45)40-18-6-11-23-46(40)54)32-30-44-52(51)56-49-24-12-9-21-43(49)53(44)41-19-7-3-15-37(41)38-16-4-8-20-42(38)53/h1-32H. The minimum Gasteiger partial charge on any atom is -0.309 e. The summed E-state index contributed by atoms with van der Waals surface area (Å²) >= 11 is 1.94. The van der Waals surface area contributed by atoms with Gasteiger partial charge >= 0.3 is 0 Å². The van der Waals surface area contributed by atoms with Crippen LogP contribution in [0.2, 0.25) is 0 Å². The van der Waals surface area contributed by atoms with E-state index in [2.05, 4.69) is 203 Å². The molecule has 3 heteroatoms. The van der Waals surface area contributed by atoms with Crippen LogP contribution in [0, 0.1) is 0 Å². The molecule has 1 spiro atoms. The monoisotopic (exact) mass is 728 g/mol. The summed E-state index contributed by atoms with van der Waals surface area (Å²) in [5.41, 5.74) is 14.9. The second-order valence-electron chi connectivity index (χ2n) is 15.2. The van der Waals surface area contributed by atoms with Gasteiger partial charge in [-0.1, -0.05) is 151 Å². The fourth-order valence-electron chi connectivity index (χ4n) is 10.4. The number of benzene rings is 9. The van der Waals surface area contributed by atoms with E-state index < -0.39 is 5.41 Å². The first kappa shape index (κ1) is 30.5. The van der Waals surface area contributed by atoms with Crippen LogP contribution in [0.5, 0.6) is 0 Å². The van der Waals surface area contributed by atoms with Crippen molar-refractivity contribution in [3.8, 4) is 22.5 Å². The molecular weight excluding hydrogens is 697 g/mol. The molecule has 0 N–H and O–H groups in total. The molecule has 3 heterocycles. The zero-order chi connectivity index (χ0) is 36.5. The Morgan fingerprint density at radius 2 is 0.839 bits per heavy atom. The highest BCUT2D eigenvalue weighted by Gasteiger charge is 2.50. The molecule has 0 saturated carbocycles. The molecule has 9 aromatic carbocycles. The minimum atomic E-state index is -0.429. The van der Waals surface area contributed by atoms with Crippen molar-refractivity contribution < 1.29 is 0 Å². The second kappa shape index (κ2) is 11.1. The third-order valence-electron chi connectivity index (χ3n) is 12.6. The highest BCUT2D eigenvalue weighted by molar-refractivity contribution is 7.99. The van der Waals surface area contributed by atoms with Gasteiger partial charge in [-0.25, -0.2) is 0 Å². The number of nitrogens with zero attached hydrogens (tertiary/aromatic N) is 2. The second-order valence-corrected chi connectivity index (χ2v) is 16.2. The van der Waals surface area contributed by atoms with E-state index in [0.717, 1.165) is 11.4 Å². The quantitative estimate of drug-likeness (QED) is 0.172. The summed E-state index contributed by atoms with van der Waals surface area (Å²) in [5, 5.41) is 7.71. The maximum Gasteiger partial charge on any atom is 0.0735 e. The van der Waals surface area contributed by atoms with Crippen LogP contribution in [0.25, 0.3) is 76.9 Å². The molecule has 2 aliphatic rings. The molecule has 0 fully saturated rings. The molecule has 0 radical (unpaired) electrons. The summed E-state index contributed by atoms with van der Waals surface area (Å²) in [6.45, 7) is 0. The summed E-state index contributed by atoms with van der Waals surface area (Å²) in [6, 6.07) is 72.3. The van der Waals surface area contributed by atoms with Gasteiger partial charge < -0.3 is 9.13 Å². The molecule has 0 bridgehead atoms. The molecule has 0 atom stereocenters. The Labute approximate surface area is 327 Å². The molecule has 56 heavy (non-hydrogen) atoms. The zero-order valence-corrected chi connectivity index (χ0v) is 31.1. The number of para-hydroxylation sites is 2. The molecule has 0 unspecified atom stereocenters. The molecule has 0 amide bonds. The summed E-state index contributed by atoms with van der Waals surface area (Å²) in [5.74, 6) is 0. The lowest BCUT2D eigenvalue weighted by Crippen LogP contribution is -2.32. The van der Waals surface area contributed by atoms with E-state index in [1.807, 2.05) is 11.8 Å². The average molecular weight is 729 g/mol. The summed E-state index contributed by atoms with van der Waals surface area (Å²) in [7, 11) is 0. The Morgan fingerprint density at radius 1 is 0.339 bits per heavy atom. The fraction of sp³-hybridized carbons (Fsp3) is 0.0189. The molecule has 1 aliphatic heterocycles. The van der Waals surface area contributed by atoms with Gasteiger partial charge in [-0.2, -0.15) is 0 Å². The lowest BCUT2D eigenvalue weighted by Gasteiger charge is -2.40. The first-order chi connectivity index (χ1) is 27.8. The molecule has 11 aromatic rings. The van der Waals surface area contributed by atoms with Crippen LogP contribution in [0.1, 0.15) is 22.3 Å². The van der Waals surface area contributed by atoms with E-state index >= 15 is 0 Å². The van der Waals surface area contributed by atoms with Gasteiger partial charge in [-0.05, 0) is 98.8 Å². The van der Waals surface area contributed by atoms with Gasteiger partial charge in [0.05, 0.1) is 27.5 Å². The van der Waals surface area contributed by atoms with Gasteiger partial charge in [-0.3, -0.25) is 0 Å². The lowest BCUT2D eigenvalue weighted by molar-refractivity contribution is 0.726. The van der Waals surface area contributed by atoms with Gasteiger partial charge in [0.15, 0.2) is 0 Å². The molecule has 13 rings (SSSR count). The first-order valence-corrected chi connectivity index (χ1v) is 20.2. The predicted molar refractivity (Wildman–Crippen MR) is 234 cm³/mol. The van der Waals surface area contributed by atoms with Gasteiger partial charge in [0.1, 0.15) is 0 Å². The minimum absolute atomic E-state index is 0.429. The van der Waals surface area contributed by atoms with Crippen LogP contribution in [-0.2, 0) is 5.41 Å². The molecule has 2 aromatic heterocycles. The van der Waals surface area contributed by atoms with E-state index in [9.17, 15) is 0 Å². The van der Waals surface area contributed by atoms with Crippen LogP contribution >= 0.6 is 11.8 Å². The zero-order valence-electron chi connectivity index (χ0n) is 30.3. The van der Waals surface area contributed by atoms with Crippen LogP contribution in [0.15, 0.2) is 204 Å². The van der Waals surface area contributed by atoms with Crippen LogP contribution in [-0.4, -0.2) is 9.13 Å². The Bertz CT molecular complexity index is 3360. The SMILES string of the molecule is c1ccc2c(c1)Sc1c(ccc3c1c1c4ccccc4ccc1n3-c1ccc(-n3c4ccccc4c4ccccc43)cc1)C21c2ccccc2-c2ccccc21. The number of hydrogen-bond acceptors (Lipinski definition) is 1. The Hall–Kier alpha value is -6.81. The predicted octanol–water partition coefficient (Wildman–Crippen LogP) is 13.9. The number of rotatable bonds is 2. The highest BCUT2D eigenvalue weighted by atomic mass is 32.2. The smallest absolute Gasteiger partial charge is 0.0735 e. The van der Waals surface area contributed by atoms with E-state index in [0.29, 0.717) is 0 Å². The highest BCUT2D eigenvalue weighted by Crippen LogP contribution is 2.63. The Balaban J connectivity index is 1.12. The lowest BCUT2D eigenvalue weighted by atomic mass is 9.67.